The quantitative estimate of drug-likeness (QED) is 0.606. The molecule has 1 atom stereocenters. The number of nitrogens with zero attached hydrogens (tertiary/aromatic N) is 2. The Kier molecular flexibility index (Phi) is 5.45. The Labute approximate surface area is 118 Å². The second-order valence-electron chi connectivity index (χ2n) is 4.84. The van der Waals surface area contributed by atoms with Gasteiger partial charge in [-0.1, -0.05) is 6.07 Å². The van der Waals surface area contributed by atoms with Crippen molar-refractivity contribution in [2.75, 3.05) is 33.0 Å². The molecule has 7 heteroatoms. The van der Waals surface area contributed by atoms with Gasteiger partial charge in [-0.3, -0.25) is 14.9 Å². The van der Waals surface area contributed by atoms with Crippen molar-refractivity contribution in [1.82, 2.24) is 10.2 Å². The highest BCUT2D eigenvalue weighted by molar-refractivity contribution is 6.01. The van der Waals surface area contributed by atoms with Crippen LogP contribution in [0.1, 0.15) is 17.3 Å². The summed E-state index contributed by atoms with van der Waals surface area (Å²) in [7, 11) is 5.38. The molecule has 0 aliphatic carbocycles. The average molecular weight is 280 g/mol. The van der Waals surface area contributed by atoms with Gasteiger partial charge in [0, 0.05) is 25.7 Å². The maximum absolute atomic E-state index is 12.2. The van der Waals surface area contributed by atoms with Crippen LogP contribution in [0.15, 0.2) is 18.2 Å². The van der Waals surface area contributed by atoms with Gasteiger partial charge in [-0.15, -0.1) is 0 Å². The normalized spacial score (nSPS) is 12.1. The molecule has 0 aliphatic heterocycles. The number of hydrogen-bond donors (Lipinski definition) is 2. The first-order valence-corrected chi connectivity index (χ1v) is 6.27. The zero-order valence-corrected chi connectivity index (χ0v) is 12.1. The summed E-state index contributed by atoms with van der Waals surface area (Å²) in [4.78, 5) is 24.6. The maximum Gasteiger partial charge on any atom is 0.293 e. The smallest absolute Gasteiger partial charge is 0.293 e. The van der Waals surface area contributed by atoms with Crippen molar-refractivity contribution in [3.05, 3.63) is 33.9 Å². The van der Waals surface area contributed by atoms with Gasteiger partial charge in [-0.25, -0.2) is 0 Å². The van der Waals surface area contributed by atoms with Crippen LogP contribution in [0.5, 0.6) is 0 Å². The summed E-state index contributed by atoms with van der Waals surface area (Å²) < 4.78 is 0. The van der Waals surface area contributed by atoms with E-state index < -0.39 is 4.92 Å². The Morgan fingerprint density at radius 1 is 1.45 bits per heavy atom. The predicted octanol–water partition coefficient (Wildman–Crippen LogP) is 1.32. The number of nitro benzene ring substituents is 1. The van der Waals surface area contributed by atoms with Crippen LogP contribution >= 0.6 is 0 Å². The molecule has 2 N–H and O–H groups in total. The van der Waals surface area contributed by atoms with E-state index in [0.29, 0.717) is 6.54 Å². The van der Waals surface area contributed by atoms with Crippen LogP contribution in [0.25, 0.3) is 0 Å². The minimum Gasteiger partial charge on any atom is -0.382 e. The van der Waals surface area contributed by atoms with Gasteiger partial charge in [0.15, 0.2) is 0 Å². The number of nitrogens with one attached hydrogen (secondary N) is 2. The first-order chi connectivity index (χ1) is 9.36. The van der Waals surface area contributed by atoms with Crippen LogP contribution in [0, 0.1) is 10.1 Å². The second-order valence-corrected chi connectivity index (χ2v) is 4.84. The summed E-state index contributed by atoms with van der Waals surface area (Å²) in [5.41, 5.74) is 0.389. The number of para-hydroxylation sites is 1. The molecule has 1 amide bonds. The van der Waals surface area contributed by atoms with E-state index in [-0.39, 0.29) is 28.9 Å². The Morgan fingerprint density at radius 2 is 2.10 bits per heavy atom. The fourth-order valence-corrected chi connectivity index (χ4v) is 2.04. The molecule has 0 aromatic heterocycles. The summed E-state index contributed by atoms with van der Waals surface area (Å²) >= 11 is 0. The Hall–Kier alpha value is -2.15. The highest BCUT2D eigenvalue weighted by Crippen LogP contribution is 2.27. The van der Waals surface area contributed by atoms with E-state index in [1.807, 2.05) is 25.9 Å². The van der Waals surface area contributed by atoms with Crippen molar-refractivity contribution in [1.29, 1.82) is 0 Å². The molecule has 0 saturated carbocycles. The molecule has 7 nitrogen and oxygen atoms in total. The van der Waals surface area contributed by atoms with Crippen LogP contribution in [0.2, 0.25) is 0 Å². The van der Waals surface area contributed by atoms with Gasteiger partial charge in [0.05, 0.1) is 10.5 Å². The highest BCUT2D eigenvalue weighted by atomic mass is 16.6. The third kappa shape index (κ3) is 3.92. The monoisotopic (exact) mass is 280 g/mol. The fraction of sp³-hybridized carbons (Fsp3) is 0.462. The summed E-state index contributed by atoms with van der Waals surface area (Å²) in [6, 6.07) is 4.38. The van der Waals surface area contributed by atoms with Crippen molar-refractivity contribution >= 4 is 17.3 Å². The predicted molar refractivity (Wildman–Crippen MR) is 78.1 cm³/mol. The number of rotatable bonds is 6. The van der Waals surface area contributed by atoms with E-state index in [1.165, 1.54) is 12.1 Å². The lowest BCUT2D eigenvalue weighted by Crippen LogP contribution is -2.39. The standard InChI is InChI=1S/C13H20N4O3/c1-9(8-16(3)4)15-13(18)10-6-5-7-11(17(19)20)12(10)14-2/h5-7,9,14H,8H2,1-4H3,(H,15,18). The molecule has 0 saturated heterocycles. The Balaban J connectivity index is 2.98. The van der Waals surface area contributed by atoms with Crippen molar-refractivity contribution in [2.45, 2.75) is 13.0 Å². The number of carbonyl (C=O) groups is 1. The first-order valence-electron chi connectivity index (χ1n) is 6.27. The van der Waals surface area contributed by atoms with Crippen LogP contribution in [0.4, 0.5) is 11.4 Å². The zero-order valence-electron chi connectivity index (χ0n) is 12.1. The van der Waals surface area contributed by atoms with Crippen LogP contribution in [0.3, 0.4) is 0 Å². The zero-order chi connectivity index (χ0) is 15.3. The molecule has 0 fully saturated rings. The molecule has 0 spiro atoms. The number of anilines is 1. The van der Waals surface area contributed by atoms with Gasteiger partial charge in [0.1, 0.15) is 5.69 Å². The highest BCUT2D eigenvalue weighted by Gasteiger charge is 2.21. The first kappa shape index (κ1) is 15.9. The molecule has 0 bridgehead atoms. The van der Waals surface area contributed by atoms with Gasteiger partial charge in [0.25, 0.3) is 11.6 Å². The van der Waals surface area contributed by atoms with Crippen LogP contribution < -0.4 is 10.6 Å². The lowest BCUT2D eigenvalue weighted by Gasteiger charge is -2.19. The van der Waals surface area contributed by atoms with Crippen molar-refractivity contribution in [3.8, 4) is 0 Å². The molecular weight excluding hydrogens is 260 g/mol. The van der Waals surface area contributed by atoms with E-state index in [0.717, 1.165) is 0 Å². The van der Waals surface area contributed by atoms with E-state index in [2.05, 4.69) is 10.6 Å². The van der Waals surface area contributed by atoms with E-state index in [1.54, 1.807) is 13.1 Å². The SMILES string of the molecule is CNc1c(C(=O)NC(C)CN(C)C)cccc1[N+](=O)[O-]. The number of nitro groups is 1. The lowest BCUT2D eigenvalue weighted by molar-refractivity contribution is -0.384. The Morgan fingerprint density at radius 3 is 2.60 bits per heavy atom. The molecule has 0 radical (unpaired) electrons. The number of hydrogen-bond acceptors (Lipinski definition) is 5. The van der Waals surface area contributed by atoms with Gasteiger partial charge in [-0.05, 0) is 27.1 Å². The molecule has 1 aromatic rings. The van der Waals surface area contributed by atoms with E-state index in [9.17, 15) is 14.9 Å². The van der Waals surface area contributed by atoms with Gasteiger partial charge >= 0.3 is 0 Å². The molecule has 20 heavy (non-hydrogen) atoms. The summed E-state index contributed by atoms with van der Waals surface area (Å²) in [5.74, 6) is -0.326. The van der Waals surface area contributed by atoms with Gasteiger partial charge in [0.2, 0.25) is 0 Å². The molecule has 0 aliphatic rings. The number of likely N-dealkylation sites (N-methyl/N-ethyl adjacent to an activating group) is 1. The summed E-state index contributed by atoms with van der Waals surface area (Å²) in [6.07, 6.45) is 0. The van der Waals surface area contributed by atoms with Gasteiger partial charge in [-0.2, -0.15) is 0 Å². The molecule has 1 aromatic carbocycles. The topological polar surface area (TPSA) is 87.5 Å². The second kappa shape index (κ2) is 6.85. The number of benzene rings is 1. The largest absolute Gasteiger partial charge is 0.382 e. The minimum atomic E-state index is -0.508. The lowest BCUT2D eigenvalue weighted by atomic mass is 10.1. The summed E-state index contributed by atoms with van der Waals surface area (Å²) in [5, 5.41) is 16.5. The molecular formula is C13H20N4O3. The van der Waals surface area contributed by atoms with Crippen molar-refractivity contribution < 1.29 is 9.72 Å². The fourth-order valence-electron chi connectivity index (χ4n) is 2.04. The molecule has 110 valence electrons. The molecule has 1 rings (SSSR count). The summed E-state index contributed by atoms with van der Waals surface area (Å²) in [6.45, 7) is 2.57. The molecule has 0 heterocycles. The van der Waals surface area contributed by atoms with Crippen molar-refractivity contribution in [2.24, 2.45) is 0 Å². The maximum atomic E-state index is 12.2. The minimum absolute atomic E-state index is 0.0542. The number of amides is 1. The van der Waals surface area contributed by atoms with Gasteiger partial charge < -0.3 is 15.5 Å². The van der Waals surface area contributed by atoms with Crippen LogP contribution in [-0.4, -0.2) is 49.5 Å². The van der Waals surface area contributed by atoms with Crippen molar-refractivity contribution in [3.63, 3.8) is 0 Å². The Bertz CT molecular complexity index is 502. The third-order valence-corrected chi connectivity index (χ3v) is 2.75. The number of carbonyl (C=O) groups excluding carboxylic acids is 1. The van der Waals surface area contributed by atoms with Crippen LogP contribution in [-0.2, 0) is 0 Å². The van der Waals surface area contributed by atoms with E-state index >= 15 is 0 Å². The molecule has 1 unspecified atom stereocenters. The van der Waals surface area contributed by atoms with E-state index in [4.69, 9.17) is 0 Å². The average Bonchev–Trinajstić information content (AvgIpc) is 2.36. The third-order valence-electron chi connectivity index (χ3n) is 2.75.